The summed E-state index contributed by atoms with van der Waals surface area (Å²) in [5, 5.41) is 0. The van der Waals surface area contributed by atoms with Gasteiger partial charge in [0.15, 0.2) is 0 Å². The largest absolute Gasteiger partial charge is 0.339 e. The first-order chi connectivity index (χ1) is 14.3. The number of hydrogen-bond acceptors (Lipinski definition) is 6. The molecule has 2 bridgehead atoms. The molecule has 2 unspecified atom stereocenters. The zero-order valence-corrected chi connectivity index (χ0v) is 18.8. The van der Waals surface area contributed by atoms with Gasteiger partial charge in [-0.25, -0.2) is 9.97 Å². The van der Waals surface area contributed by atoms with Gasteiger partial charge in [-0.1, -0.05) is 13.8 Å². The first-order valence-electron chi connectivity index (χ1n) is 11.5. The van der Waals surface area contributed by atoms with Crippen LogP contribution in [0.2, 0.25) is 0 Å². The number of aromatic nitrogens is 2. The van der Waals surface area contributed by atoms with Gasteiger partial charge in [0, 0.05) is 68.5 Å². The smallest absolute Gasteiger partial charge is 0.256 e. The highest BCUT2D eigenvalue weighted by molar-refractivity contribution is 5.94. The van der Waals surface area contributed by atoms with Gasteiger partial charge in [0.1, 0.15) is 5.78 Å². The molecule has 1 aromatic rings. The van der Waals surface area contributed by atoms with Crippen molar-refractivity contribution < 1.29 is 9.59 Å². The van der Waals surface area contributed by atoms with Crippen LogP contribution in [0.15, 0.2) is 12.4 Å². The summed E-state index contributed by atoms with van der Waals surface area (Å²) in [4.78, 5) is 41.1. The minimum absolute atomic E-state index is 0.0235. The Kier molecular flexibility index (Phi) is 6.09. The van der Waals surface area contributed by atoms with Crippen molar-refractivity contribution in [3.8, 4) is 0 Å². The monoisotopic (exact) mass is 413 g/mol. The Hall–Kier alpha value is -2.02. The molecule has 0 aromatic carbocycles. The van der Waals surface area contributed by atoms with Gasteiger partial charge in [0.25, 0.3) is 5.91 Å². The van der Waals surface area contributed by atoms with E-state index >= 15 is 0 Å². The van der Waals surface area contributed by atoms with Crippen molar-refractivity contribution >= 4 is 17.6 Å². The average Bonchev–Trinajstić information content (AvgIpc) is 3.01. The third kappa shape index (κ3) is 4.09. The maximum absolute atomic E-state index is 12.9. The van der Waals surface area contributed by atoms with Gasteiger partial charge in [-0.3, -0.25) is 14.5 Å². The maximum Gasteiger partial charge on any atom is 0.256 e. The number of rotatable bonds is 5. The fraction of sp³-hybridized carbons (Fsp3) is 0.739. The molecule has 1 aromatic heterocycles. The Labute approximate surface area is 179 Å². The number of hydrogen-bond donors (Lipinski definition) is 0. The number of Topliss-reactive ketones (excluding diaryl/α,β-unsaturated/α-hetero) is 1. The minimum Gasteiger partial charge on any atom is -0.339 e. The second-order valence-corrected chi connectivity index (χ2v) is 9.74. The standard InChI is InChI=1S/C23H35N5O2/c1-15(2)21(29)17-7-9-26(10-8-17)22(30)18-11-24-23(25-12-18)28-19-5-6-20(28)14-27(13-19)16(3)4/h11-12,15-17,19-20H,5-10,13-14H2,1-4H3. The van der Waals surface area contributed by atoms with Crippen molar-refractivity contribution in [1.82, 2.24) is 19.8 Å². The van der Waals surface area contributed by atoms with Crippen molar-refractivity contribution in [2.45, 2.75) is 71.5 Å². The number of piperazine rings is 1. The summed E-state index contributed by atoms with van der Waals surface area (Å²) < 4.78 is 0. The van der Waals surface area contributed by atoms with Crippen molar-refractivity contribution in [1.29, 1.82) is 0 Å². The summed E-state index contributed by atoms with van der Waals surface area (Å²) in [7, 11) is 0. The predicted molar refractivity (Wildman–Crippen MR) is 117 cm³/mol. The van der Waals surface area contributed by atoms with Crippen LogP contribution < -0.4 is 4.90 Å². The number of ketones is 1. The molecule has 3 aliphatic heterocycles. The number of fused-ring (bicyclic) bond motifs is 2. The number of nitrogens with zero attached hydrogens (tertiary/aromatic N) is 5. The van der Waals surface area contributed by atoms with E-state index in [2.05, 4.69) is 33.6 Å². The number of piperidine rings is 1. The van der Waals surface area contributed by atoms with E-state index in [0.29, 0.717) is 42.6 Å². The van der Waals surface area contributed by atoms with E-state index < -0.39 is 0 Å². The van der Waals surface area contributed by atoms with E-state index in [4.69, 9.17) is 0 Å². The van der Waals surface area contributed by atoms with Gasteiger partial charge in [-0.2, -0.15) is 0 Å². The Morgan fingerprint density at radius 2 is 1.50 bits per heavy atom. The molecule has 0 spiro atoms. The van der Waals surface area contributed by atoms with Crippen LogP contribution in [0.3, 0.4) is 0 Å². The zero-order valence-electron chi connectivity index (χ0n) is 18.8. The Bertz CT molecular complexity index is 756. The first-order valence-corrected chi connectivity index (χ1v) is 11.5. The van der Waals surface area contributed by atoms with Gasteiger partial charge in [0.05, 0.1) is 5.56 Å². The summed E-state index contributed by atoms with van der Waals surface area (Å²) in [5.74, 6) is 1.21. The van der Waals surface area contributed by atoms with Gasteiger partial charge in [0.2, 0.25) is 5.95 Å². The van der Waals surface area contributed by atoms with Crippen molar-refractivity contribution in [2.75, 3.05) is 31.1 Å². The number of likely N-dealkylation sites (tertiary alicyclic amines) is 2. The van der Waals surface area contributed by atoms with E-state index in [1.54, 1.807) is 12.4 Å². The highest BCUT2D eigenvalue weighted by Crippen LogP contribution is 2.33. The zero-order chi connectivity index (χ0) is 21.4. The predicted octanol–water partition coefficient (Wildman–Crippen LogP) is 2.62. The van der Waals surface area contributed by atoms with Crippen LogP contribution in [-0.2, 0) is 4.79 Å². The third-order valence-electron chi connectivity index (χ3n) is 7.11. The number of anilines is 1. The molecule has 0 saturated carbocycles. The second-order valence-electron chi connectivity index (χ2n) is 9.74. The first kappa shape index (κ1) is 21.2. The summed E-state index contributed by atoms with van der Waals surface area (Å²) in [6.45, 7) is 11.8. The highest BCUT2D eigenvalue weighted by Gasteiger charge is 2.41. The molecule has 1 amide bonds. The van der Waals surface area contributed by atoms with E-state index in [9.17, 15) is 9.59 Å². The fourth-order valence-electron chi connectivity index (χ4n) is 5.27. The molecule has 0 aliphatic carbocycles. The quantitative estimate of drug-likeness (QED) is 0.739. The summed E-state index contributed by atoms with van der Waals surface area (Å²) >= 11 is 0. The topological polar surface area (TPSA) is 69.6 Å². The van der Waals surface area contributed by atoms with Crippen molar-refractivity contribution in [3.63, 3.8) is 0 Å². The van der Waals surface area contributed by atoms with E-state index in [0.717, 1.165) is 31.9 Å². The van der Waals surface area contributed by atoms with Gasteiger partial charge in [-0.05, 0) is 39.5 Å². The molecule has 3 fully saturated rings. The van der Waals surface area contributed by atoms with Crippen LogP contribution >= 0.6 is 0 Å². The molecule has 2 atom stereocenters. The molecule has 0 N–H and O–H groups in total. The highest BCUT2D eigenvalue weighted by atomic mass is 16.2. The van der Waals surface area contributed by atoms with Crippen LogP contribution in [0.25, 0.3) is 0 Å². The lowest BCUT2D eigenvalue weighted by molar-refractivity contribution is -0.127. The van der Waals surface area contributed by atoms with E-state index in [1.807, 2.05) is 18.7 Å². The lowest BCUT2D eigenvalue weighted by Gasteiger charge is -2.42. The molecule has 7 nitrogen and oxygen atoms in total. The number of amides is 1. The molecule has 30 heavy (non-hydrogen) atoms. The third-order valence-corrected chi connectivity index (χ3v) is 7.11. The molecule has 0 radical (unpaired) electrons. The second kappa shape index (κ2) is 8.61. The van der Waals surface area contributed by atoms with Crippen molar-refractivity contribution in [2.24, 2.45) is 11.8 Å². The van der Waals surface area contributed by atoms with Crippen LogP contribution in [-0.4, -0.2) is 75.8 Å². The number of carbonyl (C=O) groups excluding carboxylic acids is 2. The molecule has 3 saturated heterocycles. The molecule has 3 aliphatic rings. The SMILES string of the molecule is CC(C)C(=O)C1CCN(C(=O)c2cnc(N3C4CCC3CN(C(C)C)C4)nc2)CC1. The van der Waals surface area contributed by atoms with Crippen molar-refractivity contribution in [3.05, 3.63) is 18.0 Å². The minimum atomic E-state index is -0.0235. The molecule has 4 rings (SSSR count). The molecule has 4 heterocycles. The lowest BCUT2D eigenvalue weighted by Crippen LogP contribution is -2.56. The van der Waals surface area contributed by atoms with Crippen LogP contribution in [0, 0.1) is 11.8 Å². The average molecular weight is 414 g/mol. The molecule has 7 heteroatoms. The van der Waals surface area contributed by atoms with Gasteiger partial charge >= 0.3 is 0 Å². The summed E-state index contributed by atoms with van der Waals surface area (Å²) in [6.07, 6.45) is 7.24. The normalized spacial score (nSPS) is 25.4. The Morgan fingerprint density at radius 3 is 2.00 bits per heavy atom. The molecular weight excluding hydrogens is 378 g/mol. The lowest BCUT2D eigenvalue weighted by atomic mass is 9.87. The van der Waals surface area contributed by atoms with Crippen LogP contribution in [0.5, 0.6) is 0 Å². The van der Waals surface area contributed by atoms with Crippen LogP contribution in [0.1, 0.15) is 63.7 Å². The summed E-state index contributed by atoms with van der Waals surface area (Å²) in [6, 6.07) is 1.49. The molecule has 164 valence electrons. The van der Waals surface area contributed by atoms with Crippen LogP contribution in [0.4, 0.5) is 5.95 Å². The van der Waals surface area contributed by atoms with E-state index in [1.165, 1.54) is 12.8 Å². The summed E-state index contributed by atoms with van der Waals surface area (Å²) in [5.41, 5.74) is 0.542. The Morgan fingerprint density at radius 1 is 0.933 bits per heavy atom. The fourth-order valence-corrected chi connectivity index (χ4v) is 5.27. The molecular formula is C23H35N5O2. The Balaban J connectivity index is 1.38. The number of carbonyl (C=O) groups is 2. The van der Waals surface area contributed by atoms with Gasteiger partial charge in [-0.15, -0.1) is 0 Å². The van der Waals surface area contributed by atoms with E-state index in [-0.39, 0.29) is 17.7 Å². The van der Waals surface area contributed by atoms with Gasteiger partial charge < -0.3 is 9.80 Å². The maximum atomic E-state index is 12.9.